The van der Waals surface area contributed by atoms with Crippen molar-refractivity contribution in [3.8, 4) is 0 Å². The van der Waals surface area contributed by atoms with Crippen molar-refractivity contribution in [2.45, 2.75) is 31.8 Å². The zero-order valence-corrected chi connectivity index (χ0v) is 12.8. The largest absolute Gasteiger partial charge is 0.349 e. The number of nitrogens with zero attached hydrogens (tertiary/aromatic N) is 1. The molecule has 3 heteroatoms. The smallest absolute Gasteiger partial charge is 0.0470 e. The molecule has 100 valence electrons. The van der Waals surface area contributed by atoms with E-state index in [0.29, 0.717) is 6.04 Å². The molecule has 0 radical (unpaired) electrons. The first kappa shape index (κ1) is 12.9. The fourth-order valence-corrected chi connectivity index (χ4v) is 3.43. The Morgan fingerprint density at radius 2 is 2.26 bits per heavy atom. The summed E-state index contributed by atoms with van der Waals surface area (Å²) in [4.78, 5) is 0. The summed E-state index contributed by atoms with van der Waals surface area (Å²) >= 11 is 3.53. The first-order valence-corrected chi connectivity index (χ1v) is 7.66. The van der Waals surface area contributed by atoms with E-state index in [0.717, 1.165) is 11.0 Å². The summed E-state index contributed by atoms with van der Waals surface area (Å²) < 4.78 is 3.47. The third-order valence-corrected chi connectivity index (χ3v) is 4.41. The number of halogens is 1. The fourth-order valence-electron chi connectivity index (χ4n) is 2.99. The van der Waals surface area contributed by atoms with Crippen LogP contribution >= 0.6 is 15.9 Å². The Morgan fingerprint density at radius 3 is 3.05 bits per heavy atom. The van der Waals surface area contributed by atoms with Crippen LogP contribution < -0.4 is 5.32 Å². The Balaban J connectivity index is 1.85. The Hall–Kier alpha value is -1.06. The monoisotopic (exact) mass is 318 g/mol. The molecule has 1 unspecified atom stereocenters. The van der Waals surface area contributed by atoms with Gasteiger partial charge in [0.1, 0.15) is 0 Å². The number of aromatic nitrogens is 1. The molecule has 1 aliphatic rings. The molecule has 1 atom stereocenters. The molecule has 0 bridgehead atoms. The molecule has 0 fully saturated rings. The van der Waals surface area contributed by atoms with E-state index in [1.807, 2.05) is 0 Å². The van der Waals surface area contributed by atoms with Gasteiger partial charge < -0.3 is 9.88 Å². The van der Waals surface area contributed by atoms with Gasteiger partial charge in [-0.05, 0) is 55.1 Å². The second-order valence-electron chi connectivity index (χ2n) is 5.27. The molecule has 19 heavy (non-hydrogen) atoms. The Labute approximate surface area is 123 Å². The van der Waals surface area contributed by atoms with Gasteiger partial charge in [0.25, 0.3) is 0 Å². The minimum absolute atomic E-state index is 0.535. The number of nitrogens with one attached hydrogen (secondary N) is 1. The summed E-state index contributed by atoms with van der Waals surface area (Å²) in [6, 6.07) is 9.07. The van der Waals surface area contributed by atoms with E-state index >= 15 is 0 Å². The molecule has 2 nitrogen and oxygen atoms in total. The van der Waals surface area contributed by atoms with E-state index in [2.05, 4.69) is 69.5 Å². The van der Waals surface area contributed by atoms with Crippen molar-refractivity contribution in [3.05, 3.63) is 57.8 Å². The zero-order valence-electron chi connectivity index (χ0n) is 11.2. The lowest BCUT2D eigenvalue weighted by molar-refractivity contribution is 0.498. The molecule has 1 aromatic carbocycles. The average molecular weight is 319 g/mol. The molecule has 1 heterocycles. The molecule has 3 rings (SSSR count). The second-order valence-corrected chi connectivity index (χ2v) is 6.19. The fraction of sp³-hybridized carbons (Fsp3) is 0.375. The minimum atomic E-state index is 0.535. The first-order chi connectivity index (χ1) is 9.26. The van der Waals surface area contributed by atoms with Crippen LogP contribution in [0.3, 0.4) is 0 Å². The van der Waals surface area contributed by atoms with Gasteiger partial charge in [0.2, 0.25) is 0 Å². The highest BCUT2D eigenvalue weighted by molar-refractivity contribution is 9.10. The summed E-state index contributed by atoms with van der Waals surface area (Å²) in [5.74, 6) is 0. The van der Waals surface area contributed by atoms with Crippen LogP contribution in [0.4, 0.5) is 0 Å². The van der Waals surface area contributed by atoms with Crippen molar-refractivity contribution in [1.82, 2.24) is 9.88 Å². The van der Waals surface area contributed by atoms with E-state index < -0.39 is 0 Å². The summed E-state index contributed by atoms with van der Waals surface area (Å²) in [5, 5.41) is 3.43. The van der Waals surface area contributed by atoms with Gasteiger partial charge in [-0.1, -0.05) is 28.1 Å². The topological polar surface area (TPSA) is 17.0 Å². The maximum atomic E-state index is 3.53. The number of hydrogen-bond acceptors (Lipinski definition) is 1. The van der Waals surface area contributed by atoms with Gasteiger partial charge in [-0.3, -0.25) is 0 Å². The Kier molecular flexibility index (Phi) is 3.76. The van der Waals surface area contributed by atoms with Gasteiger partial charge in [0.05, 0.1) is 0 Å². The predicted molar refractivity (Wildman–Crippen MR) is 82.4 cm³/mol. The highest BCUT2D eigenvalue weighted by Gasteiger charge is 2.20. The van der Waals surface area contributed by atoms with Crippen LogP contribution in [0.5, 0.6) is 0 Å². The molecule has 0 spiro atoms. The molecule has 0 amide bonds. The van der Waals surface area contributed by atoms with E-state index in [1.54, 1.807) is 0 Å². The normalized spacial score (nSPS) is 18.3. The summed E-state index contributed by atoms with van der Waals surface area (Å²) in [6.07, 6.45) is 8.40. The van der Waals surface area contributed by atoms with Gasteiger partial charge in [-0.15, -0.1) is 0 Å². The zero-order chi connectivity index (χ0) is 13.2. The standard InChI is InChI=1S/C16H19BrN2/c1-18-16-7-3-5-13-10-19(11-15(13)16)9-12-4-2-6-14(17)8-12/h2,4,6,8,10-11,16,18H,3,5,7,9H2,1H3. The van der Waals surface area contributed by atoms with E-state index in [4.69, 9.17) is 0 Å². The van der Waals surface area contributed by atoms with E-state index in [9.17, 15) is 0 Å². The van der Waals surface area contributed by atoms with Crippen molar-refractivity contribution >= 4 is 15.9 Å². The van der Waals surface area contributed by atoms with Crippen molar-refractivity contribution in [2.75, 3.05) is 7.05 Å². The number of aryl methyl sites for hydroxylation is 1. The number of rotatable bonds is 3. The van der Waals surface area contributed by atoms with Gasteiger partial charge in [-0.25, -0.2) is 0 Å². The molecular formula is C16H19BrN2. The van der Waals surface area contributed by atoms with Crippen LogP contribution in [0.1, 0.15) is 35.6 Å². The lowest BCUT2D eigenvalue weighted by Gasteiger charge is -2.21. The summed E-state index contributed by atoms with van der Waals surface area (Å²) in [6.45, 7) is 0.947. The van der Waals surface area contributed by atoms with Crippen molar-refractivity contribution < 1.29 is 0 Å². The molecule has 1 aromatic heterocycles. The quantitative estimate of drug-likeness (QED) is 0.908. The Bertz CT molecular complexity index is 574. The van der Waals surface area contributed by atoms with Crippen LogP contribution in [-0.4, -0.2) is 11.6 Å². The van der Waals surface area contributed by atoms with Crippen LogP contribution in [-0.2, 0) is 13.0 Å². The molecule has 0 saturated heterocycles. The summed E-state index contributed by atoms with van der Waals surface area (Å²) in [7, 11) is 2.06. The molecule has 1 N–H and O–H groups in total. The van der Waals surface area contributed by atoms with Gasteiger partial charge in [0.15, 0.2) is 0 Å². The van der Waals surface area contributed by atoms with Crippen LogP contribution in [0.15, 0.2) is 41.1 Å². The van der Waals surface area contributed by atoms with Crippen molar-refractivity contribution in [1.29, 1.82) is 0 Å². The van der Waals surface area contributed by atoms with Gasteiger partial charge >= 0.3 is 0 Å². The van der Waals surface area contributed by atoms with Crippen LogP contribution in [0.25, 0.3) is 0 Å². The maximum absolute atomic E-state index is 3.53. The van der Waals surface area contributed by atoms with Gasteiger partial charge in [0, 0.05) is 29.5 Å². The lowest BCUT2D eigenvalue weighted by Crippen LogP contribution is -2.20. The molecule has 0 saturated carbocycles. The number of fused-ring (bicyclic) bond motifs is 1. The average Bonchev–Trinajstić information content (AvgIpc) is 2.80. The Morgan fingerprint density at radius 1 is 1.37 bits per heavy atom. The minimum Gasteiger partial charge on any atom is -0.349 e. The first-order valence-electron chi connectivity index (χ1n) is 6.86. The highest BCUT2D eigenvalue weighted by atomic mass is 79.9. The lowest BCUT2D eigenvalue weighted by atomic mass is 9.91. The van der Waals surface area contributed by atoms with Crippen LogP contribution in [0, 0.1) is 0 Å². The highest BCUT2D eigenvalue weighted by Crippen LogP contribution is 2.30. The molecular weight excluding hydrogens is 300 g/mol. The van der Waals surface area contributed by atoms with E-state index in [1.165, 1.54) is 36.0 Å². The van der Waals surface area contributed by atoms with Gasteiger partial charge in [-0.2, -0.15) is 0 Å². The molecule has 0 aliphatic heterocycles. The maximum Gasteiger partial charge on any atom is 0.0470 e. The van der Waals surface area contributed by atoms with Crippen molar-refractivity contribution in [3.63, 3.8) is 0 Å². The number of hydrogen-bond donors (Lipinski definition) is 1. The predicted octanol–water partition coefficient (Wildman–Crippen LogP) is 3.90. The molecule has 1 aliphatic carbocycles. The second kappa shape index (κ2) is 5.51. The third-order valence-electron chi connectivity index (χ3n) is 3.91. The van der Waals surface area contributed by atoms with Crippen molar-refractivity contribution in [2.24, 2.45) is 0 Å². The van der Waals surface area contributed by atoms with E-state index in [-0.39, 0.29) is 0 Å². The third kappa shape index (κ3) is 2.77. The molecule has 2 aromatic rings. The SMILES string of the molecule is CNC1CCCc2cn(Cc3cccc(Br)c3)cc21. The van der Waals surface area contributed by atoms with Crippen LogP contribution in [0.2, 0.25) is 0 Å². The summed E-state index contributed by atoms with van der Waals surface area (Å²) in [5.41, 5.74) is 4.34. The number of benzene rings is 1.